The second-order valence-corrected chi connectivity index (χ2v) is 7.87. The second-order valence-electron chi connectivity index (χ2n) is 5.87. The molecule has 21 heavy (non-hydrogen) atoms. The summed E-state index contributed by atoms with van der Waals surface area (Å²) in [6, 6.07) is 1.94. The van der Waals surface area contributed by atoms with Crippen LogP contribution in [0.3, 0.4) is 0 Å². The van der Waals surface area contributed by atoms with Crippen LogP contribution in [0.15, 0.2) is 17.2 Å². The van der Waals surface area contributed by atoms with Gasteiger partial charge in [0, 0.05) is 38.6 Å². The Hall–Kier alpha value is -0.850. The third kappa shape index (κ3) is 3.67. The van der Waals surface area contributed by atoms with Crippen LogP contribution in [-0.2, 0) is 23.6 Å². The Morgan fingerprint density at radius 1 is 1.33 bits per heavy atom. The molecule has 120 valence electrons. The number of aryl methyl sites for hydroxylation is 1. The molecular weight excluding hydrogens is 286 g/mol. The van der Waals surface area contributed by atoms with E-state index in [1.807, 2.05) is 18.5 Å². The Bertz CT molecular complexity index is 559. The van der Waals surface area contributed by atoms with E-state index in [9.17, 15) is 8.42 Å². The maximum Gasteiger partial charge on any atom is 0.244 e. The molecule has 1 saturated carbocycles. The first-order valence-corrected chi connectivity index (χ1v) is 9.24. The largest absolute Gasteiger partial charge is 0.352 e. The number of rotatable bonds is 6. The maximum atomic E-state index is 12.8. The van der Waals surface area contributed by atoms with Crippen LogP contribution in [0, 0.1) is 0 Å². The minimum absolute atomic E-state index is 0.154. The Kier molecular flexibility index (Phi) is 5.46. The van der Waals surface area contributed by atoms with Crippen LogP contribution < -0.4 is 5.32 Å². The van der Waals surface area contributed by atoms with Gasteiger partial charge >= 0.3 is 0 Å². The molecule has 0 aliphatic heterocycles. The molecule has 1 aliphatic rings. The first-order valence-electron chi connectivity index (χ1n) is 7.80. The second kappa shape index (κ2) is 6.94. The van der Waals surface area contributed by atoms with Crippen LogP contribution >= 0.6 is 0 Å². The van der Waals surface area contributed by atoms with Crippen LogP contribution in [0.2, 0.25) is 0 Å². The molecule has 2 rings (SSSR count). The summed E-state index contributed by atoms with van der Waals surface area (Å²) in [6.45, 7) is 3.60. The van der Waals surface area contributed by atoms with Gasteiger partial charge in [0.25, 0.3) is 0 Å². The van der Waals surface area contributed by atoms with E-state index in [0.717, 1.165) is 37.9 Å². The monoisotopic (exact) mass is 313 g/mol. The van der Waals surface area contributed by atoms with E-state index < -0.39 is 10.0 Å². The van der Waals surface area contributed by atoms with Crippen LogP contribution in [-0.4, -0.2) is 36.9 Å². The van der Waals surface area contributed by atoms with Crippen molar-refractivity contribution in [2.24, 2.45) is 7.05 Å². The summed E-state index contributed by atoms with van der Waals surface area (Å²) in [5, 5.41) is 3.23. The highest BCUT2D eigenvalue weighted by atomic mass is 32.2. The number of nitrogens with one attached hydrogen (secondary N) is 1. The fourth-order valence-electron chi connectivity index (χ4n) is 2.95. The Morgan fingerprint density at radius 2 is 2.00 bits per heavy atom. The van der Waals surface area contributed by atoms with Crippen LogP contribution in [0.1, 0.15) is 44.7 Å². The molecule has 0 spiro atoms. The molecule has 0 atom stereocenters. The van der Waals surface area contributed by atoms with E-state index in [1.54, 1.807) is 23.6 Å². The Labute approximate surface area is 128 Å². The van der Waals surface area contributed by atoms with Crippen LogP contribution in [0.4, 0.5) is 0 Å². The molecule has 1 N–H and O–H groups in total. The van der Waals surface area contributed by atoms with Gasteiger partial charge in [0.1, 0.15) is 4.90 Å². The fraction of sp³-hybridized carbons (Fsp3) is 0.733. The molecule has 5 nitrogen and oxygen atoms in total. The SMILES string of the molecule is CCNCc1cc(S(=O)(=O)N(C)C2CCCCC2)cn1C. The molecule has 0 amide bonds. The first-order chi connectivity index (χ1) is 9.96. The maximum absolute atomic E-state index is 12.8. The van der Waals surface area contributed by atoms with Crippen molar-refractivity contribution in [2.75, 3.05) is 13.6 Å². The summed E-state index contributed by atoms with van der Waals surface area (Å²) in [5.41, 5.74) is 0.993. The summed E-state index contributed by atoms with van der Waals surface area (Å²) in [4.78, 5) is 0.408. The predicted molar refractivity (Wildman–Crippen MR) is 84.6 cm³/mol. The molecule has 6 heteroatoms. The molecular formula is C15H27N3O2S. The summed E-state index contributed by atoms with van der Waals surface area (Å²) < 4.78 is 29.0. The van der Waals surface area contributed by atoms with Gasteiger partial charge in [0.15, 0.2) is 0 Å². The number of nitrogens with zero attached hydrogens (tertiary/aromatic N) is 2. The van der Waals surface area contributed by atoms with Crippen molar-refractivity contribution in [1.29, 1.82) is 0 Å². The van der Waals surface area contributed by atoms with Crippen molar-refractivity contribution in [3.8, 4) is 0 Å². The van der Waals surface area contributed by atoms with Crippen molar-refractivity contribution in [3.05, 3.63) is 18.0 Å². The smallest absolute Gasteiger partial charge is 0.244 e. The van der Waals surface area contributed by atoms with Crippen molar-refractivity contribution < 1.29 is 8.42 Å². The average Bonchev–Trinajstić information content (AvgIpc) is 2.87. The molecule has 1 aromatic heterocycles. The lowest BCUT2D eigenvalue weighted by Gasteiger charge is -2.30. The van der Waals surface area contributed by atoms with Gasteiger partial charge in [-0.25, -0.2) is 8.42 Å². The Morgan fingerprint density at radius 3 is 2.62 bits per heavy atom. The molecule has 1 fully saturated rings. The Balaban J connectivity index is 2.18. The van der Waals surface area contributed by atoms with Crippen molar-refractivity contribution in [2.45, 2.75) is 56.5 Å². The van der Waals surface area contributed by atoms with Gasteiger partial charge in [0.05, 0.1) is 0 Å². The van der Waals surface area contributed by atoms with Gasteiger partial charge in [-0.05, 0) is 25.5 Å². The summed E-state index contributed by atoms with van der Waals surface area (Å²) in [6.07, 6.45) is 7.17. The highest BCUT2D eigenvalue weighted by Gasteiger charge is 2.30. The molecule has 0 saturated heterocycles. The molecule has 1 aromatic rings. The molecule has 0 aromatic carbocycles. The van der Waals surface area contributed by atoms with E-state index in [0.29, 0.717) is 11.4 Å². The average molecular weight is 313 g/mol. The number of aromatic nitrogens is 1. The van der Waals surface area contributed by atoms with Gasteiger partial charge in [-0.2, -0.15) is 4.31 Å². The highest BCUT2D eigenvalue weighted by molar-refractivity contribution is 7.89. The highest BCUT2D eigenvalue weighted by Crippen LogP contribution is 2.27. The lowest BCUT2D eigenvalue weighted by Crippen LogP contribution is -2.38. The third-order valence-corrected chi connectivity index (χ3v) is 6.28. The minimum atomic E-state index is -3.38. The predicted octanol–water partition coefficient (Wildman–Crippen LogP) is 2.09. The zero-order valence-electron chi connectivity index (χ0n) is 13.3. The lowest BCUT2D eigenvalue weighted by atomic mass is 9.96. The standard InChI is InChI=1S/C15H27N3O2S/c1-4-16-11-14-10-15(12-17(14)2)21(19,20)18(3)13-8-6-5-7-9-13/h10,12-13,16H,4-9,11H2,1-3H3. The topological polar surface area (TPSA) is 54.3 Å². The van der Waals surface area contributed by atoms with Gasteiger partial charge < -0.3 is 9.88 Å². The third-order valence-electron chi connectivity index (χ3n) is 4.40. The van der Waals surface area contributed by atoms with Gasteiger partial charge in [-0.3, -0.25) is 0 Å². The van der Waals surface area contributed by atoms with Gasteiger partial charge in [0.2, 0.25) is 10.0 Å². The number of hydrogen-bond acceptors (Lipinski definition) is 3. The normalized spacial score (nSPS) is 17.5. The number of sulfonamides is 1. The minimum Gasteiger partial charge on any atom is -0.352 e. The van der Waals surface area contributed by atoms with Crippen LogP contribution in [0.25, 0.3) is 0 Å². The van der Waals surface area contributed by atoms with Gasteiger partial charge in [-0.15, -0.1) is 0 Å². The fourth-order valence-corrected chi connectivity index (χ4v) is 4.47. The molecule has 0 radical (unpaired) electrons. The van der Waals surface area contributed by atoms with Crippen molar-refractivity contribution in [3.63, 3.8) is 0 Å². The van der Waals surface area contributed by atoms with Crippen LogP contribution in [0.5, 0.6) is 0 Å². The lowest BCUT2D eigenvalue weighted by molar-refractivity contribution is 0.286. The van der Waals surface area contributed by atoms with E-state index in [1.165, 1.54) is 6.42 Å². The zero-order chi connectivity index (χ0) is 15.5. The zero-order valence-corrected chi connectivity index (χ0v) is 14.1. The summed E-state index contributed by atoms with van der Waals surface area (Å²) in [7, 11) is 0.239. The van der Waals surface area contributed by atoms with E-state index in [4.69, 9.17) is 0 Å². The van der Waals surface area contributed by atoms with Crippen molar-refractivity contribution >= 4 is 10.0 Å². The molecule has 0 bridgehead atoms. The van der Waals surface area contributed by atoms with Gasteiger partial charge in [-0.1, -0.05) is 26.2 Å². The van der Waals surface area contributed by atoms with E-state index in [-0.39, 0.29) is 6.04 Å². The first kappa shape index (κ1) is 16.5. The van der Waals surface area contributed by atoms with Crippen molar-refractivity contribution in [1.82, 2.24) is 14.2 Å². The summed E-state index contributed by atoms with van der Waals surface area (Å²) in [5.74, 6) is 0. The quantitative estimate of drug-likeness (QED) is 0.875. The summed E-state index contributed by atoms with van der Waals surface area (Å²) >= 11 is 0. The molecule has 0 unspecified atom stereocenters. The molecule has 1 heterocycles. The van der Waals surface area contributed by atoms with E-state index in [2.05, 4.69) is 5.32 Å². The van der Waals surface area contributed by atoms with E-state index >= 15 is 0 Å². The number of hydrogen-bond donors (Lipinski definition) is 1. The molecule has 1 aliphatic carbocycles.